The zero-order chi connectivity index (χ0) is 19.6. The minimum atomic E-state index is -0.0645. The number of hydrogen-bond acceptors (Lipinski definition) is 8. The molecular weight excluding hydrogens is 424 g/mol. The number of thiazole rings is 2. The van der Waals surface area contributed by atoms with Gasteiger partial charge in [-0.25, -0.2) is 9.97 Å². The number of carbonyl (C=O) groups excluding carboxylic acids is 1. The van der Waals surface area contributed by atoms with Crippen LogP contribution in [0.25, 0.3) is 20.1 Å². The first-order valence-electron chi connectivity index (χ1n) is 9.26. The van der Waals surface area contributed by atoms with Crippen molar-refractivity contribution >= 4 is 61.0 Å². The average Bonchev–Trinajstić information content (AvgIpc) is 3.48. The summed E-state index contributed by atoms with van der Waals surface area (Å²) >= 11 is 4.88. The van der Waals surface area contributed by atoms with Crippen LogP contribution in [0.4, 0.5) is 10.8 Å². The van der Waals surface area contributed by atoms with Gasteiger partial charge in [0.05, 0.1) is 40.4 Å². The van der Waals surface area contributed by atoms with E-state index < -0.39 is 0 Å². The first-order valence-corrected chi connectivity index (χ1v) is 11.8. The van der Waals surface area contributed by atoms with Gasteiger partial charge in [0, 0.05) is 24.2 Å². The molecule has 0 spiro atoms. The normalized spacial score (nSPS) is 14.4. The first-order chi connectivity index (χ1) is 14.2. The third-order valence-electron chi connectivity index (χ3n) is 4.57. The van der Waals surface area contributed by atoms with Crippen LogP contribution in [-0.2, 0) is 16.0 Å². The van der Waals surface area contributed by atoms with Crippen LogP contribution in [0.5, 0.6) is 0 Å². The highest BCUT2D eigenvalue weighted by atomic mass is 32.1. The maximum absolute atomic E-state index is 12.5. The number of carbonyl (C=O) groups is 1. The summed E-state index contributed by atoms with van der Waals surface area (Å²) in [7, 11) is 0. The molecule has 148 valence electrons. The van der Waals surface area contributed by atoms with Crippen LogP contribution >= 0.6 is 34.0 Å². The number of nitrogens with one attached hydrogen (secondary N) is 1. The van der Waals surface area contributed by atoms with Crippen LogP contribution in [0.2, 0.25) is 0 Å². The van der Waals surface area contributed by atoms with Gasteiger partial charge in [0.1, 0.15) is 5.01 Å². The molecule has 1 aliphatic rings. The minimum absolute atomic E-state index is 0.0645. The van der Waals surface area contributed by atoms with Crippen molar-refractivity contribution < 1.29 is 9.53 Å². The molecule has 0 saturated carbocycles. The number of ether oxygens (including phenoxy) is 1. The summed E-state index contributed by atoms with van der Waals surface area (Å²) in [6, 6.07) is 9.91. The number of fused-ring (bicyclic) bond motifs is 1. The second-order valence-corrected chi connectivity index (χ2v) is 9.44. The van der Waals surface area contributed by atoms with E-state index in [4.69, 9.17) is 9.72 Å². The molecule has 0 radical (unpaired) electrons. The van der Waals surface area contributed by atoms with E-state index in [0.29, 0.717) is 0 Å². The predicted octanol–water partition coefficient (Wildman–Crippen LogP) is 4.50. The predicted molar refractivity (Wildman–Crippen MR) is 120 cm³/mol. The van der Waals surface area contributed by atoms with Crippen LogP contribution < -0.4 is 10.2 Å². The number of rotatable bonds is 5. The molecule has 6 nitrogen and oxygen atoms in total. The van der Waals surface area contributed by atoms with Crippen molar-refractivity contribution in [3.63, 3.8) is 0 Å². The fraction of sp³-hybridized carbons (Fsp3) is 0.250. The maximum atomic E-state index is 12.5. The van der Waals surface area contributed by atoms with E-state index in [0.717, 1.165) is 62.9 Å². The van der Waals surface area contributed by atoms with Gasteiger partial charge in [-0.1, -0.05) is 17.4 Å². The monoisotopic (exact) mass is 442 g/mol. The van der Waals surface area contributed by atoms with Gasteiger partial charge in [-0.3, -0.25) is 4.79 Å². The van der Waals surface area contributed by atoms with E-state index in [9.17, 15) is 4.79 Å². The van der Waals surface area contributed by atoms with Crippen molar-refractivity contribution in [2.24, 2.45) is 0 Å². The highest BCUT2D eigenvalue weighted by molar-refractivity contribution is 7.22. The Kier molecular flexibility index (Phi) is 5.28. The number of aromatic nitrogens is 2. The number of thiophene rings is 1. The van der Waals surface area contributed by atoms with E-state index in [-0.39, 0.29) is 12.3 Å². The van der Waals surface area contributed by atoms with Gasteiger partial charge in [-0.2, -0.15) is 0 Å². The van der Waals surface area contributed by atoms with E-state index in [1.807, 2.05) is 41.1 Å². The molecule has 1 amide bonds. The molecule has 4 aromatic rings. The molecule has 5 rings (SSSR count). The van der Waals surface area contributed by atoms with Gasteiger partial charge in [-0.15, -0.1) is 22.7 Å². The Morgan fingerprint density at radius 1 is 1.17 bits per heavy atom. The quantitative estimate of drug-likeness (QED) is 0.493. The molecule has 1 fully saturated rings. The lowest BCUT2D eigenvalue weighted by molar-refractivity contribution is -0.115. The summed E-state index contributed by atoms with van der Waals surface area (Å²) in [5, 5.41) is 8.95. The molecule has 0 bridgehead atoms. The molecule has 4 heterocycles. The molecule has 1 saturated heterocycles. The highest BCUT2D eigenvalue weighted by Gasteiger charge is 2.16. The van der Waals surface area contributed by atoms with Crippen molar-refractivity contribution in [3.8, 4) is 9.88 Å². The molecule has 1 aromatic carbocycles. The van der Waals surface area contributed by atoms with Crippen molar-refractivity contribution in [2.45, 2.75) is 6.42 Å². The van der Waals surface area contributed by atoms with Crippen LogP contribution in [-0.4, -0.2) is 42.2 Å². The summed E-state index contributed by atoms with van der Waals surface area (Å²) in [6.07, 6.45) is 0.266. The fourth-order valence-corrected chi connectivity index (χ4v) is 5.84. The van der Waals surface area contributed by atoms with Crippen molar-refractivity contribution in [1.82, 2.24) is 9.97 Å². The van der Waals surface area contributed by atoms with Gasteiger partial charge in [0.25, 0.3) is 0 Å². The Hall–Kier alpha value is -2.33. The number of amides is 1. The topological polar surface area (TPSA) is 67.4 Å². The molecule has 29 heavy (non-hydrogen) atoms. The Balaban J connectivity index is 1.26. The third kappa shape index (κ3) is 4.18. The lowest BCUT2D eigenvalue weighted by atomic mass is 10.2. The summed E-state index contributed by atoms with van der Waals surface area (Å²) < 4.78 is 6.48. The Bertz CT molecular complexity index is 1130. The molecular formula is C20H18N4O2S3. The molecule has 0 aliphatic carbocycles. The van der Waals surface area contributed by atoms with Crippen molar-refractivity contribution in [3.05, 3.63) is 46.8 Å². The zero-order valence-corrected chi connectivity index (χ0v) is 17.9. The zero-order valence-electron chi connectivity index (χ0n) is 15.5. The van der Waals surface area contributed by atoms with E-state index in [1.54, 1.807) is 34.0 Å². The SMILES string of the molecule is O=C(Cc1csc(-c2cccs2)n1)Nc1ccc2nc(N3CCOCC3)sc2c1. The highest BCUT2D eigenvalue weighted by Crippen LogP contribution is 2.31. The number of morpholine rings is 1. The van der Waals surface area contributed by atoms with Gasteiger partial charge >= 0.3 is 0 Å². The summed E-state index contributed by atoms with van der Waals surface area (Å²) in [4.78, 5) is 25.2. The summed E-state index contributed by atoms with van der Waals surface area (Å²) in [5.41, 5.74) is 2.53. The lowest BCUT2D eigenvalue weighted by Gasteiger charge is -2.25. The van der Waals surface area contributed by atoms with Crippen LogP contribution in [0.3, 0.4) is 0 Å². The van der Waals surface area contributed by atoms with Crippen LogP contribution in [0.1, 0.15) is 5.69 Å². The number of nitrogens with zero attached hydrogens (tertiary/aromatic N) is 3. The van der Waals surface area contributed by atoms with Crippen LogP contribution in [0, 0.1) is 0 Å². The van der Waals surface area contributed by atoms with Crippen molar-refractivity contribution in [2.75, 3.05) is 36.5 Å². The first kappa shape index (κ1) is 18.7. The molecule has 9 heteroatoms. The van der Waals surface area contributed by atoms with Gasteiger partial charge in [0.15, 0.2) is 5.13 Å². The second-order valence-electron chi connectivity index (χ2n) is 6.62. The summed E-state index contributed by atoms with van der Waals surface area (Å²) in [5.74, 6) is -0.0645. The maximum Gasteiger partial charge on any atom is 0.230 e. The third-order valence-corrected chi connectivity index (χ3v) is 7.58. The second kappa shape index (κ2) is 8.19. The summed E-state index contributed by atoms with van der Waals surface area (Å²) in [6.45, 7) is 3.21. The standard InChI is InChI=1S/C20H18N4O2S3/c25-18(11-14-12-28-19(22-14)16-2-1-9-27-16)21-13-3-4-15-17(10-13)29-20(23-15)24-5-7-26-8-6-24/h1-4,9-10,12H,5-8,11H2,(H,21,25). The Labute approximate surface area is 179 Å². The van der Waals surface area contributed by atoms with E-state index >= 15 is 0 Å². The van der Waals surface area contributed by atoms with Gasteiger partial charge < -0.3 is 15.0 Å². The van der Waals surface area contributed by atoms with E-state index in [2.05, 4.69) is 15.2 Å². The van der Waals surface area contributed by atoms with Crippen molar-refractivity contribution in [1.29, 1.82) is 0 Å². The minimum Gasteiger partial charge on any atom is -0.378 e. The van der Waals surface area contributed by atoms with Gasteiger partial charge in [-0.05, 0) is 29.6 Å². The van der Waals surface area contributed by atoms with Gasteiger partial charge in [0.2, 0.25) is 5.91 Å². The number of anilines is 2. The molecule has 0 atom stereocenters. The lowest BCUT2D eigenvalue weighted by Crippen LogP contribution is -2.36. The fourth-order valence-electron chi connectivity index (χ4n) is 3.15. The molecule has 3 aromatic heterocycles. The Morgan fingerprint density at radius 2 is 2.07 bits per heavy atom. The largest absolute Gasteiger partial charge is 0.378 e. The molecule has 1 aliphatic heterocycles. The number of hydrogen-bond donors (Lipinski definition) is 1. The molecule has 1 N–H and O–H groups in total. The van der Waals surface area contributed by atoms with Crippen LogP contribution in [0.15, 0.2) is 41.1 Å². The number of benzene rings is 1. The molecule has 0 unspecified atom stereocenters. The smallest absolute Gasteiger partial charge is 0.230 e. The van der Waals surface area contributed by atoms with E-state index in [1.165, 1.54) is 0 Å². The average molecular weight is 443 g/mol. The Morgan fingerprint density at radius 3 is 2.90 bits per heavy atom.